The number of Topliss-reactive ketones (excluding diaryl/α,β-unsaturated/α-hetero) is 1. The summed E-state index contributed by atoms with van der Waals surface area (Å²) in [6.07, 6.45) is 4.54. The van der Waals surface area contributed by atoms with Crippen LogP contribution in [-0.2, 0) is 4.79 Å². The lowest BCUT2D eigenvalue weighted by atomic mass is 9.85. The third-order valence-electron chi connectivity index (χ3n) is 2.08. The molecule has 0 bridgehead atoms. The van der Waals surface area contributed by atoms with Gasteiger partial charge >= 0.3 is 6.01 Å². The Morgan fingerprint density at radius 2 is 2.07 bits per heavy atom. The summed E-state index contributed by atoms with van der Waals surface area (Å²) >= 11 is 3.23. The van der Waals surface area contributed by atoms with Crippen LogP contribution in [0.3, 0.4) is 0 Å². The maximum absolute atomic E-state index is 10.7. The number of aromatic nitrogens is 2. The molecule has 1 heterocycles. The molecule has 1 aromatic heterocycles. The number of ketones is 1. The van der Waals surface area contributed by atoms with Crippen LogP contribution in [0.2, 0.25) is 0 Å². The maximum Gasteiger partial charge on any atom is 0.316 e. The number of carbonyl (C=O) groups excluding carboxylic acids is 1. The highest BCUT2D eigenvalue weighted by Crippen LogP contribution is 2.23. The van der Waals surface area contributed by atoms with Gasteiger partial charge in [0, 0.05) is 31.2 Å². The van der Waals surface area contributed by atoms with Gasteiger partial charge in [-0.25, -0.2) is 9.97 Å². The van der Waals surface area contributed by atoms with Crippen LogP contribution in [0.4, 0.5) is 0 Å². The minimum atomic E-state index is 0.315. The molecule has 1 aliphatic carbocycles. The molecule has 0 aliphatic heterocycles. The predicted octanol–water partition coefficient (Wildman–Crippen LogP) is 1.60. The van der Waals surface area contributed by atoms with Crippen LogP contribution in [0.1, 0.15) is 12.8 Å². The normalized spacial score (nSPS) is 16.5. The van der Waals surface area contributed by atoms with E-state index in [2.05, 4.69) is 25.9 Å². The third-order valence-corrected chi connectivity index (χ3v) is 2.49. The van der Waals surface area contributed by atoms with E-state index >= 15 is 0 Å². The van der Waals surface area contributed by atoms with Crippen LogP contribution in [0.5, 0.6) is 6.01 Å². The molecular weight excluding hydrogens is 248 g/mol. The van der Waals surface area contributed by atoms with Gasteiger partial charge in [0.1, 0.15) is 5.78 Å². The standard InChI is InChI=1S/C9H9BrN2O2/c10-7-3-11-9(12-4-7)14-5-6-1-8(13)2-6/h3-4,6H,1-2,5H2. The lowest BCUT2D eigenvalue weighted by Crippen LogP contribution is -2.28. The summed E-state index contributed by atoms with van der Waals surface area (Å²) in [4.78, 5) is 18.6. The summed E-state index contributed by atoms with van der Waals surface area (Å²) in [6.45, 7) is 0.535. The minimum Gasteiger partial charge on any atom is -0.463 e. The van der Waals surface area contributed by atoms with Crippen molar-refractivity contribution in [2.45, 2.75) is 12.8 Å². The van der Waals surface area contributed by atoms with Gasteiger partial charge in [-0.15, -0.1) is 0 Å². The smallest absolute Gasteiger partial charge is 0.316 e. The number of ether oxygens (including phenoxy) is 1. The zero-order valence-corrected chi connectivity index (χ0v) is 9.03. The Kier molecular flexibility index (Phi) is 2.77. The summed E-state index contributed by atoms with van der Waals surface area (Å²) < 4.78 is 6.14. The molecule has 1 aromatic rings. The monoisotopic (exact) mass is 256 g/mol. The molecule has 0 atom stereocenters. The number of halogens is 1. The van der Waals surface area contributed by atoms with Gasteiger partial charge in [-0.1, -0.05) is 0 Å². The van der Waals surface area contributed by atoms with Crippen LogP contribution >= 0.6 is 15.9 Å². The molecule has 0 N–H and O–H groups in total. The predicted molar refractivity (Wildman–Crippen MR) is 53.0 cm³/mol. The van der Waals surface area contributed by atoms with E-state index in [9.17, 15) is 4.79 Å². The molecule has 1 aliphatic rings. The Morgan fingerprint density at radius 1 is 1.43 bits per heavy atom. The van der Waals surface area contributed by atoms with Gasteiger partial charge in [-0.05, 0) is 15.9 Å². The maximum atomic E-state index is 10.7. The molecule has 14 heavy (non-hydrogen) atoms. The fourth-order valence-electron chi connectivity index (χ4n) is 1.27. The Morgan fingerprint density at radius 3 is 2.64 bits per heavy atom. The second-order valence-electron chi connectivity index (χ2n) is 3.31. The summed E-state index contributed by atoms with van der Waals surface area (Å²) in [5, 5.41) is 0. The van der Waals surface area contributed by atoms with Crippen molar-refractivity contribution in [2.24, 2.45) is 5.92 Å². The van der Waals surface area contributed by atoms with E-state index in [1.165, 1.54) is 0 Å². The number of rotatable bonds is 3. The first-order valence-electron chi connectivity index (χ1n) is 4.36. The molecule has 0 unspecified atom stereocenters. The number of nitrogens with zero attached hydrogens (tertiary/aromatic N) is 2. The Hall–Kier alpha value is -0.970. The summed E-state index contributed by atoms with van der Waals surface area (Å²) in [6, 6.07) is 0.368. The first-order valence-corrected chi connectivity index (χ1v) is 5.15. The van der Waals surface area contributed by atoms with E-state index in [0.29, 0.717) is 37.2 Å². The molecular formula is C9H9BrN2O2. The fourth-order valence-corrected chi connectivity index (χ4v) is 1.47. The van der Waals surface area contributed by atoms with Crippen LogP contribution in [-0.4, -0.2) is 22.4 Å². The second kappa shape index (κ2) is 4.04. The highest BCUT2D eigenvalue weighted by molar-refractivity contribution is 9.10. The highest BCUT2D eigenvalue weighted by Gasteiger charge is 2.27. The second-order valence-corrected chi connectivity index (χ2v) is 4.22. The summed E-state index contributed by atoms with van der Waals surface area (Å²) in [7, 11) is 0. The van der Waals surface area contributed by atoms with E-state index in [-0.39, 0.29) is 0 Å². The summed E-state index contributed by atoms with van der Waals surface area (Å²) in [5.41, 5.74) is 0. The minimum absolute atomic E-state index is 0.315. The zero-order valence-electron chi connectivity index (χ0n) is 7.44. The molecule has 5 heteroatoms. The molecule has 0 radical (unpaired) electrons. The Labute approximate surface area is 89.8 Å². The highest BCUT2D eigenvalue weighted by atomic mass is 79.9. The topological polar surface area (TPSA) is 52.1 Å². The first kappa shape index (κ1) is 9.58. The van der Waals surface area contributed by atoms with Crippen molar-refractivity contribution < 1.29 is 9.53 Å². The zero-order chi connectivity index (χ0) is 9.97. The molecule has 0 saturated heterocycles. The van der Waals surface area contributed by atoms with Gasteiger partial charge in [0.2, 0.25) is 0 Å². The quantitative estimate of drug-likeness (QED) is 0.825. The van der Waals surface area contributed by atoms with Gasteiger partial charge in [0.15, 0.2) is 0 Å². The van der Waals surface area contributed by atoms with Gasteiger partial charge in [-0.3, -0.25) is 4.79 Å². The van der Waals surface area contributed by atoms with Crippen LogP contribution in [0.25, 0.3) is 0 Å². The Balaban J connectivity index is 1.80. The van der Waals surface area contributed by atoms with Crippen molar-refractivity contribution in [3.63, 3.8) is 0 Å². The largest absolute Gasteiger partial charge is 0.463 e. The first-order chi connectivity index (χ1) is 6.74. The van der Waals surface area contributed by atoms with Crippen molar-refractivity contribution in [2.75, 3.05) is 6.61 Å². The number of hydrogen-bond acceptors (Lipinski definition) is 4. The van der Waals surface area contributed by atoms with Crippen molar-refractivity contribution in [1.82, 2.24) is 9.97 Å². The van der Waals surface area contributed by atoms with Crippen LogP contribution < -0.4 is 4.74 Å². The molecule has 0 amide bonds. The summed E-state index contributed by atoms with van der Waals surface area (Å²) in [5.74, 6) is 0.671. The Bertz CT molecular complexity index is 331. The molecule has 1 fully saturated rings. The van der Waals surface area contributed by atoms with Crippen molar-refractivity contribution in [3.8, 4) is 6.01 Å². The van der Waals surface area contributed by atoms with Crippen LogP contribution in [0, 0.1) is 5.92 Å². The van der Waals surface area contributed by atoms with E-state index in [1.54, 1.807) is 12.4 Å². The lowest BCUT2D eigenvalue weighted by molar-refractivity contribution is -0.127. The molecule has 1 saturated carbocycles. The van der Waals surface area contributed by atoms with Crippen molar-refractivity contribution in [3.05, 3.63) is 16.9 Å². The average Bonchev–Trinajstić information content (AvgIpc) is 2.13. The van der Waals surface area contributed by atoms with Gasteiger partial charge in [0.05, 0.1) is 11.1 Å². The van der Waals surface area contributed by atoms with Gasteiger partial charge in [-0.2, -0.15) is 0 Å². The molecule has 0 spiro atoms. The lowest BCUT2D eigenvalue weighted by Gasteiger charge is -2.23. The van der Waals surface area contributed by atoms with Crippen LogP contribution in [0.15, 0.2) is 16.9 Å². The SMILES string of the molecule is O=C1CC(COc2ncc(Br)cn2)C1. The molecule has 74 valence electrons. The van der Waals surface area contributed by atoms with E-state index < -0.39 is 0 Å². The molecule has 2 rings (SSSR count). The van der Waals surface area contributed by atoms with Crippen molar-refractivity contribution in [1.29, 1.82) is 0 Å². The van der Waals surface area contributed by atoms with Crippen molar-refractivity contribution >= 4 is 21.7 Å². The van der Waals surface area contributed by atoms with E-state index in [4.69, 9.17) is 4.74 Å². The third kappa shape index (κ3) is 2.29. The fraction of sp³-hybridized carbons (Fsp3) is 0.444. The molecule has 4 nitrogen and oxygen atoms in total. The van der Waals surface area contributed by atoms with Gasteiger partial charge in [0.25, 0.3) is 0 Å². The number of hydrogen-bond donors (Lipinski definition) is 0. The molecule has 0 aromatic carbocycles. The van der Waals surface area contributed by atoms with E-state index in [0.717, 1.165) is 4.47 Å². The average molecular weight is 257 g/mol. The number of carbonyl (C=O) groups is 1. The van der Waals surface area contributed by atoms with Gasteiger partial charge < -0.3 is 4.74 Å². The van der Waals surface area contributed by atoms with E-state index in [1.807, 2.05) is 0 Å².